The molecule has 0 saturated carbocycles. The summed E-state index contributed by atoms with van der Waals surface area (Å²) in [4.78, 5) is 2.05. The van der Waals surface area contributed by atoms with Crippen LogP contribution in [-0.2, 0) is 0 Å². The van der Waals surface area contributed by atoms with E-state index < -0.39 is 0 Å². The summed E-state index contributed by atoms with van der Waals surface area (Å²) >= 11 is 4.98. The van der Waals surface area contributed by atoms with Crippen LogP contribution in [0.3, 0.4) is 0 Å². The second kappa shape index (κ2) is 4.92. The van der Waals surface area contributed by atoms with Gasteiger partial charge >= 0.3 is 0 Å². The highest BCUT2D eigenvalue weighted by molar-refractivity contribution is 7.71. The predicted molar refractivity (Wildman–Crippen MR) is 71.2 cm³/mol. The van der Waals surface area contributed by atoms with Gasteiger partial charge in [0, 0.05) is 19.8 Å². The van der Waals surface area contributed by atoms with Gasteiger partial charge in [0.05, 0.1) is 6.21 Å². The fourth-order valence-corrected chi connectivity index (χ4v) is 1.46. The van der Waals surface area contributed by atoms with Gasteiger partial charge in [0.15, 0.2) is 0 Å². The molecule has 0 atom stereocenters. The van der Waals surface area contributed by atoms with Gasteiger partial charge < -0.3 is 4.90 Å². The molecule has 1 aromatic heterocycles. The van der Waals surface area contributed by atoms with Gasteiger partial charge in [0.2, 0.25) is 4.77 Å². The van der Waals surface area contributed by atoms with Crippen molar-refractivity contribution in [3.05, 3.63) is 40.9 Å². The zero-order valence-electron chi connectivity index (χ0n) is 9.66. The molecule has 0 aliphatic carbocycles. The molecule has 2 aromatic rings. The highest BCUT2D eigenvalue weighted by Crippen LogP contribution is 2.10. The zero-order chi connectivity index (χ0) is 12.3. The molecule has 17 heavy (non-hydrogen) atoms. The van der Waals surface area contributed by atoms with Gasteiger partial charge in [0.25, 0.3) is 0 Å². The van der Waals surface area contributed by atoms with Gasteiger partial charge in [-0.1, -0.05) is 12.1 Å². The number of aromatic nitrogens is 3. The first-order chi connectivity index (χ1) is 8.16. The number of hydrogen-bond donors (Lipinski definition) is 1. The number of nitrogens with zero attached hydrogens (tertiary/aromatic N) is 4. The molecule has 0 amide bonds. The van der Waals surface area contributed by atoms with Crippen LogP contribution < -0.4 is 4.90 Å². The van der Waals surface area contributed by atoms with E-state index in [1.165, 1.54) is 11.0 Å². The Balaban J connectivity index is 2.17. The maximum atomic E-state index is 4.98. The van der Waals surface area contributed by atoms with E-state index in [1.54, 1.807) is 6.21 Å². The molecule has 0 fully saturated rings. The minimum atomic E-state index is 0.478. The van der Waals surface area contributed by atoms with Crippen molar-refractivity contribution in [3.63, 3.8) is 0 Å². The van der Waals surface area contributed by atoms with Crippen LogP contribution in [0.4, 0.5) is 5.69 Å². The van der Waals surface area contributed by atoms with E-state index in [0.717, 1.165) is 11.3 Å². The molecule has 88 valence electrons. The Morgan fingerprint density at radius 3 is 2.59 bits per heavy atom. The van der Waals surface area contributed by atoms with Crippen LogP contribution >= 0.6 is 12.2 Å². The summed E-state index contributed by atoms with van der Waals surface area (Å²) in [5.74, 6) is 0. The molecule has 0 radical (unpaired) electrons. The second-order valence-corrected chi connectivity index (χ2v) is 4.12. The molecule has 0 aliphatic heterocycles. The van der Waals surface area contributed by atoms with Gasteiger partial charge in [0.1, 0.15) is 6.33 Å². The fraction of sp³-hybridized carbons (Fsp3) is 0.182. The number of hydrogen-bond acceptors (Lipinski definition) is 4. The standard InChI is InChI=1S/C11H13N5S/c1-15(2)10-5-3-9(4-6-10)7-13-16-8-12-14-11(16)17/h3-8H,1-2H3,(H,14,17). The summed E-state index contributed by atoms with van der Waals surface area (Å²) in [7, 11) is 4.02. The molecule has 0 unspecified atom stereocenters. The molecule has 0 bridgehead atoms. The number of rotatable bonds is 3. The van der Waals surface area contributed by atoms with Crippen LogP contribution in [0.5, 0.6) is 0 Å². The van der Waals surface area contributed by atoms with Crippen molar-refractivity contribution in [2.75, 3.05) is 19.0 Å². The van der Waals surface area contributed by atoms with Gasteiger partial charge in [-0.25, -0.2) is 0 Å². The van der Waals surface area contributed by atoms with Crippen LogP contribution in [0, 0.1) is 4.77 Å². The largest absolute Gasteiger partial charge is 0.378 e. The third kappa shape index (κ3) is 2.79. The molecule has 6 heteroatoms. The van der Waals surface area contributed by atoms with E-state index in [4.69, 9.17) is 12.2 Å². The van der Waals surface area contributed by atoms with Gasteiger partial charge in [-0.05, 0) is 29.9 Å². The van der Waals surface area contributed by atoms with E-state index in [2.05, 4.69) is 15.3 Å². The van der Waals surface area contributed by atoms with Gasteiger partial charge in [-0.2, -0.15) is 14.9 Å². The van der Waals surface area contributed by atoms with Crippen molar-refractivity contribution in [3.8, 4) is 0 Å². The monoisotopic (exact) mass is 247 g/mol. The number of aromatic amines is 1. The normalized spacial score (nSPS) is 10.9. The Labute approximate surface area is 104 Å². The average Bonchev–Trinajstić information content (AvgIpc) is 2.73. The molecular formula is C11H13N5S. The molecule has 0 spiro atoms. The lowest BCUT2D eigenvalue weighted by Gasteiger charge is -2.11. The van der Waals surface area contributed by atoms with E-state index in [-0.39, 0.29) is 0 Å². The highest BCUT2D eigenvalue weighted by atomic mass is 32.1. The lowest BCUT2D eigenvalue weighted by atomic mass is 10.2. The molecule has 1 heterocycles. The topological polar surface area (TPSA) is 49.2 Å². The van der Waals surface area contributed by atoms with E-state index in [9.17, 15) is 0 Å². The molecule has 0 aliphatic rings. The zero-order valence-corrected chi connectivity index (χ0v) is 10.5. The lowest BCUT2D eigenvalue weighted by molar-refractivity contribution is 0.863. The van der Waals surface area contributed by atoms with Crippen molar-refractivity contribution in [2.24, 2.45) is 5.10 Å². The number of anilines is 1. The van der Waals surface area contributed by atoms with E-state index in [0.29, 0.717) is 4.77 Å². The van der Waals surface area contributed by atoms with E-state index >= 15 is 0 Å². The van der Waals surface area contributed by atoms with Crippen LogP contribution in [-0.4, -0.2) is 35.2 Å². The molecule has 2 rings (SSSR count). The Morgan fingerprint density at radius 1 is 1.35 bits per heavy atom. The Morgan fingerprint density at radius 2 is 2.06 bits per heavy atom. The van der Waals surface area contributed by atoms with Crippen LogP contribution in [0.2, 0.25) is 0 Å². The summed E-state index contributed by atoms with van der Waals surface area (Å²) in [5.41, 5.74) is 2.17. The molecule has 5 nitrogen and oxygen atoms in total. The smallest absolute Gasteiger partial charge is 0.216 e. The third-order valence-electron chi connectivity index (χ3n) is 2.28. The molecule has 0 saturated heterocycles. The Hall–Kier alpha value is -1.95. The first kappa shape index (κ1) is 11.5. The van der Waals surface area contributed by atoms with Crippen LogP contribution in [0.1, 0.15) is 5.56 Å². The summed E-state index contributed by atoms with van der Waals surface area (Å²) in [5, 5.41) is 10.6. The maximum Gasteiger partial charge on any atom is 0.216 e. The van der Waals surface area contributed by atoms with Crippen molar-refractivity contribution < 1.29 is 0 Å². The Bertz CT molecular complexity index is 564. The fourth-order valence-electron chi connectivity index (χ4n) is 1.31. The SMILES string of the molecule is CN(C)c1ccc(C=Nn2cn[nH]c2=S)cc1. The number of nitrogens with one attached hydrogen (secondary N) is 1. The summed E-state index contributed by atoms with van der Waals surface area (Å²) in [6, 6.07) is 8.08. The number of benzene rings is 1. The quantitative estimate of drug-likeness (QED) is 0.665. The minimum absolute atomic E-state index is 0.478. The van der Waals surface area contributed by atoms with Gasteiger partial charge in [-0.3, -0.25) is 5.10 Å². The van der Waals surface area contributed by atoms with Crippen molar-refractivity contribution >= 4 is 24.1 Å². The minimum Gasteiger partial charge on any atom is -0.378 e. The summed E-state index contributed by atoms with van der Waals surface area (Å²) in [6.45, 7) is 0. The van der Waals surface area contributed by atoms with Gasteiger partial charge in [-0.15, -0.1) is 0 Å². The molecule has 1 N–H and O–H groups in total. The lowest BCUT2D eigenvalue weighted by Crippen LogP contribution is -2.08. The van der Waals surface area contributed by atoms with Crippen molar-refractivity contribution in [1.82, 2.24) is 14.9 Å². The van der Waals surface area contributed by atoms with Crippen LogP contribution in [0.25, 0.3) is 0 Å². The predicted octanol–water partition coefficient (Wildman–Crippen LogP) is 1.89. The van der Waals surface area contributed by atoms with E-state index in [1.807, 2.05) is 43.3 Å². The number of H-pyrrole nitrogens is 1. The highest BCUT2D eigenvalue weighted by Gasteiger charge is 1.94. The van der Waals surface area contributed by atoms with Crippen molar-refractivity contribution in [1.29, 1.82) is 0 Å². The third-order valence-corrected chi connectivity index (χ3v) is 2.55. The van der Waals surface area contributed by atoms with Crippen molar-refractivity contribution in [2.45, 2.75) is 0 Å². The molecular weight excluding hydrogens is 234 g/mol. The summed E-state index contributed by atoms with van der Waals surface area (Å²) < 4.78 is 1.99. The molecule has 1 aromatic carbocycles. The Kier molecular flexibility index (Phi) is 3.34. The summed E-state index contributed by atoms with van der Waals surface area (Å²) in [6.07, 6.45) is 3.28. The first-order valence-electron chi connectivity index (χ1n) is 5.10. The average molecular weight is 247 g/mol. The first-order valence-corrected chi connectivity index (χ1v) is 5.51. The second-order valence-electron chi connectivity index (χ2n) is 3.74. The maximum absolute atomic E-state index is 4.98. The van der Waals surface area contributed by atoms with Crippen LogP contribution in [0.15, 0.2) is 35.7 Å².